The van der Waals surface area contributed by atoms with Crippen LogP contribution in [0.5, 0.6) is 5.75 Å². The first kappa shape index (κ1) is 22.3. The van der Waals surface area contributed by atoms with Crippen LogP contribution in [-0.4, -0.2) is 28.7 Å². The minimum atomic E-state index is 0.0586. The number of ether oxygens (including phenoxy) is 1. The highest BCUT2D eigenvalue weighted by molar-refractivity contribution is 7.99. The summed E-state index contributed by atoms with van der Waals surface area (Å²) in [5, 5.41) is 0.733. The van der Waals surface area contributed by atoms with Gasteiger partial charge in [0.05, 0.1) is 23.9 Å². The van der Waals surface area contributed by atoms with Crippen molar-refractivity contribution in [3.8, 4) is 5.75 Å². The van der Waals surface area contributed by atoms with Gasteiger partial charge in [-0.2, -0.15) is 0 Å². The van der Waals surface area contributed by atoms with Crippen LogP contribution in [0.25, 0.3) is 10.2 Å². The van der Waals surface area contributed by atoms with Gasteiger partial charge in [0, 0.05) is 29.5 Å². The number of nitrogens with zero attached hydrogens (tertiary/aromatic N) is 3. The van der Waals surface area contributed by atoms with Gasteiger partial charge in [0.15, 0.2) is 5.13 Å². The summed E-state index contributed by atoms with van der Waals surface area (Å²) < 4.78 is 6.31. The molecule has 0 fully saturated rings. The van der Waals surface area contributed by atoms with Crippen LogP contribution in [0.15, 0.2) is 65.8 Å². The third-order valence-electron chi connectivity index (χ3n) is 5.06. The number of thiazole rings is 1. The summed E-state index contributed by atoms with van der Waals surface area (Å²) in [6.45, 7) is 4.61. The maximum atomic E-state index is 13.3. The number of aryl methyl sites for hydroxylation is 2. The zero-order chi connectivity index (χ0) is 22.5. The normalized spacial score (nSPS) is 11.0. The maximum absolute atomic E-state index is 13.3. The Morgan fingerprint density at radius 3 is 2.69 bits per heavy atom. The Bertz CT molecular complexity index is 1210. The number of carbonyl (C=O) groups is 1. The third-order valence-corrected chi connectivity index (χ3v) is 7.10. The van der Waals surface area contributed by atoms with Gasteiger partial charge in [-0.25, -0.2) is 4.98 Å². The van der Waals surface area contributed by atoms with Crippen molar-refractivity contribution in [3.63, 3.8) is 0 Å². The number of carbonyl (C=O) groups excluding carboxylic acids is 1. The summed E-state index contributed by atoms with van der Waals surface area (Å²) in [6.07, 6.45) is 3.96. The van der Waals surface area contributed by atoms with Crippen molar-refractivity contribution in [2.24, 2.45) is 0 Å². The molecule has 0 radical (unpaired) electrons. The van der Waals surface area contributed by atoms with E-state index in [0.29, 0.717) is 18.7 Å². The average molecular weight is 464 g/mol. The fraction of sp³-hybridized carbons (Fsp3) is 0.240. The van der Waals surface area contributed by atoms with Gasteiger partial charge >= 0.3 is 0 Å². The number of benzene rings is 2. The van der Waals surface area contributed by atoms with Gasteiger partial charge in [-0.05, 0) is 66.9 Å². The molecule has 0 spiro atoms. The fourth-order valence-corrected chi connectivity index (χ4v) is 5.47. The zero-order valence-corrected chi connectivity index (χ0v) is 20.0. The van der Waals surface area contributed by atoms with Crippen LogP contribution in [-0.2, 0) is 11.3 Å². The Kier molecular flexibility index (Phi) is 7.07. The fourth-order valence-electron chi connectivity index (χ4n) is 3.47. The molecule has 2 aromatic heterocycles. The van der Waals surface area contributed by atoms with Crippen molar-refractivity contribution in [2.45, 2.75) is 31.7 Å². The second-order valence-corrected chi connectivity index (χ2v) is 9.72. The van der Waals surface area contributed by atoms with Crippen molar-refractivity contribution in [3.05, 3.63) is 77.6 Å². The van der Waals surface area contributed by atoms with Gasteiger partial charge in [-0.3, -0.25) is 14.7 Å². The van der Waals surface area contributed by atoms with E-state index < -0.39 is 0 Å². The molecule has 164 valence electrons. The second kappa shape index (κ2) is 10.1. The van der Waals surface area contributed by atoms with E-state index in [0.717, 1.165) is 37.1 Å². The summed E-state index contributed by atoms with van der Waals surface area (Å²) in [5.74, 6) is 1.58. The Morgan fingerprint density at radius 2 is 1.97 bits per heavy atom. The quantitative estimate of drug-likeness (QED) is 0.299. The Hall–Kier alpha value is -2.90. The number of hydrogen-bond acceptors (Lipinski definition) is 6. The number of thioether (sulfide) groups is 1. The summed E-state index contributed by atoms with van der Waals surface area (Å²) in [7, 11) is 1.66. The number of anilines is 1. The first-order valence-electron chi connectivity index (χ1n) is 10.4. The van der Waals surface area contributed by atoms with Crippen LogP contribution >= 0.6 is 23.1 Å². The van der Waals surface area contributed by atoms with Gasteiger partial charge in [0.25, 0.3) is 0 Å². The Morgan fingerprint density at radius 1 is 1.16 bits per heavy atom. The molecule has 0 N–H and O–H groups in total. The van der Waals surface area contributed by atoms with Crippen LogP contribution < -0.4 is 9.64 Å². The summed E-state index contributed by atoms with van der Waals surface area (Å²) in [5.41, 5.74) is 4.28. The maximum Gasteiger partial charge on any atom is 0.229 e. The predicted octanol–water partition coefficient (Wildman–Crippen LogP) is 6.03. The van der Waals surface area contributed by atoms with Crippen LogP contribution in [0, 0.1) is 13.8 Å². The summed E-state index contributed by atoms with van der Waals surface area (Å²) >= 11 is 3.23. The van der Waals surface area contributed by atoms with E-state index >= 15 is 0 Å². The molecular formula is C25H25N3O2S2. The highest BCUT2D eigenvalue weighted by Gasteiger charge is 2.21. The van der Waals surface area contributed by atoms with E-state index in [-0.39, 0.29) is 5.91 Å². The van der Waals surface area contributed by atoms with Gasteiger partial charge in [0.1, 0.15) is 5.75 Å². The average Bonchev–Trinajstić information content (AvgIpc) is 3.22. The molecule has 0 saturated carbocycles. The number of rotatable bonds is 8. The number of amides is 1. The van der Waals surface area contributed by atoms with Crippen molar-refractivity contribution in [1.29, 1.82) is 0 Å². The molecule has 0 unspecified atom stereocenters. The largest absolute Gasteiger partial charge is 0.497 e. The SMILES string of the molecule is COc1ccc(SCCC(=O)N(Cc2cccnc2)c2nc3c(C)cc(C)cc3s2)cc1. The molecule has 32 heavy (non-hydrogen) atoms. The van der Waals surface area contributed by atoms with Crippen LogP contribution in [0.4, 0.5) is 5.13 Å². The molecule has 0 bridgehead atoms. The topological polar surface area (TPSA) is 55.3 Å². The van der Waals surface area contributed by atoms with Gasteiger partial charge < -0.3 is 4.74 Å². The van der Waals surface area contributed by atoms with E-state index in [4.69, 9.17) is 9.72 Å². The Labute approximate surface area is 196 Å². The minimum absolute atomic E-state index is 0.0586. The van der Waals surface area contributed by atoms with Crippen LogP contribution in [0.2, 0.25) is 0 Å². The molecule has 0 aliphatic rings. The van der Waals surface area contributed by atoms with Crippen molar-refractivity contribution >= 4 is 44.4 Å². The van der Waals surface area contributed by atoms with E-state index in [1.165, 1.54) is 5.56 Å². The number of aromatic nitrogens is 2. The summed E-state index contributed by atoms with van der Waals surface area (Å²) in [4.78, 5) is 25.3. The van der Waals surface area contributed by atoms with Crippen molar-refractivity contribution < 1.29 is 9.53 Å². The molecule has 2 heterocycles. The minimum Gasteiger partial charge on any atom is -0.497 e. The van der Waals surface area contributed by atoms with Crippen LogP contribution in [0.1, 0.15) is 23.1 Å². The first-order chi connectivity index (χ1) is 15.5. The molecule has 0 atom stereocenters. The summed E-state index contributed by atoms with van der Waals surface area (Å²) in [6, 6.07) is 16.0. The lowest BCUT2D eigenvalue weighted by Crippen LogP contribution is -2.30. The molecule has 0 aliphatic carbocycles. The van der Waals surface area contributed by atoms with Crippen molar-refractivity contribution in [1.82, 2.24) is 9.97 Å². The lowest BCUT2D eigenvalue weighted by Gasteiger charge is -2.20. The molecule has 1 amide bonds. The molecule has 4 aromatic rings. The van der Waals surface area contributed by atoms with Gasteiger partial charge in [-0.15, -0.1) is 11.8 Å². The van der Waals surface area contributed by atoms with E-state index in [1.54, 1.807) is 47.5 Å². The van der Waals surface area contributed by atoms with Crippen LogP contribution in [0.3, 0.4) is 0 Å². The first-order valence-corrected chi connectivity index (χ1v) is 12.2. The van der Waals surface area contributed by atoms with Crippen molar-refractivity contribution in [2.75, 3.05) is 17.8 Å². The molecule has 2 aromatic carbocycles. The number of methoxy groups -OCH3 is 1. The Balaban J connectivity index is 1.53. The predicted molar refractivity (Wildman–Crippen MR) is 133 cm³/mol. The smallest absolute Gasteiger partial charge is 0.229 e. The standard InChI is InChI=1S/C25H25N3O2S2/c1-17-13-18(2)24-22(14-17)32-25(27-24)28(16-19-5-4-11-26-15-19)23(29)10-12-31-21-8-6-20(30-3)7-9-21/h4-9,11,13-15H,10,12,16H2,1-3H3. The number of fused-ring (bicyclic) bond motifs is 1. The van der Waals surface area contributed by atoms with E-state index in [2.05, 4.69) is 31.0 Å². The lowest BCUT2D eigenvalue weighted by molar-refractivity contribution is -0.118. The van der Waals surface area contributed by atoms with Gasteiger partial charge in [-0.1, -0.05) is 23.5 Å². The monoisotopic (exact) mass is 463 g/mol. The third kappa shape index (κ3) is 5.29. The van der Waals surface area contributed by atoms with E-state index in [1.807, 2.05) is 36.4 Å². The molecule has 7 heteroatoms. The van der Waals surface area contributed by atoms with Gasteiger partial charge in [0.2, 0.25) is 5.91 Å². The number of pyridine rings is 1. The molecule has 4 rings (SSSR count). The molecule has 0 aliphatic heterocycles. The highest BCUT2D eigenvalue weighted by atomic mass is 32.2. The second-order valence-electron chi connectivity index (χ2n) is 7.54. The number of hydrogen-bond donors (Lipinski definition) is 0. The highest BCUT2D eigenvalue weighted by Crippen LogP contribution is 2.33. The molecule has 5 nitrogen and oxygen atoms in total. The molecule has 0 saturated heterocycles. The lowest BCUT2D eigenvalue weighted by atomic mass is 10.1. The molecular weight excluding hydrogens is 438 g/mol. The van der Waals surface area contributed by atoms with E-state index in [9.17, 15) is 4.79 Å². The zero-order valence-electron chi connectivity index (χ0n) is 18.4.